The standard InChI is InChI=1S/C22H22BrN5O4/c1-3-31-19-9-14(17-10-20(29)27-22-24-12-25-28(17)22)4-7-18(19)32-11-21(30)26-15-5-6-16(23)13(2)8-15/h4-9,12,17H,3,10-11H2,1-2H3,(H,26,30)(H,24,25,27,29)/t17-/m0/s1. The maximum atomic E-state index is 12.4. The second kappa shape index (κ2) is 9.39. The molecule has 1 atom stereocenters. The second-order valence-corrected chi connectivity index (χ2v) is 8.09. The predicted octanol–water partition coefficient (Wildman–Crippen LogP) is 3.70. The molecule has 0 saturated heterocycles. The van der Waals surface area contributed by atoms with Gasteiger partial charge < -0.3 is 14.8 Å². The van der Waals surface area contributed by atoms with Crippen molar-refractivity contribution < 1.29 is 19.1 Å². The Morgan fingerprint density at radius 2 is 2.09 bits per heavy atom. The molecule has 2 aromatic carbocycles. The fourth-order valence-electron chi connectivity index (χ4n) is 3.45. The zero-order chi connectivity index (χ0) is 22.7. The topological polar surface area (TPSA) is 107 Å². The molecule has 4 rings (SSSR count). The van der Waals surface area contributed by atoms with Crippen LogP contribution in [0.3, 0.4) is 0 Å². The van der Waals surface area contributed by atoms with Gasteiger partial charge in [-0.1, -0.05) is 22.0 Å². The van der Waals surface area contributed by atoms with Crippen LogP contribution >= 0.6 is 15.9 Å². The quantitative estimate of drug-likeness (QED) is 0.513. The Kier molecular flexibility index (Phi) is 6.40. The fraction of sp³-hybridized carbons (Fsp3) is 0.273. The molecular weight excluding hydrogens is 478 g/mol. The highest BCUT2D eigenvalue weighted by Crippen LogP contribution is 2.35. The molecule has 1 aromatic heterocycles. The summed E-state index contributed by atoms with van der Waals surface area (Å²) in [5.41, 5.74) is 2.54. The van der Waals surface area contributed by atoms with E-state index in [0.717, 1.165) is 15.6 Å². The van der Waals surface area contributed by atoms with Crippen molar-refractivity contribution in [1.29, 1.82) is 0 Å². The van der Waals surface area contributed by atoms with Gasteiger partial charge in [-0.15, -0.1) is 0 Å². The van der Waals surface area contributed by atoms with Crippen molar-refractivity contribution in [3.63, 3.8) is 0 Å². The maximum Gasteiger partial charge on any atom is 0.262 e. The Hall–Kier alpha value is -3.40. The normalized spacial score (nSPS) is 15.0. The van der Waals surface area contributed by atoms with Gasteiger partial charge in [0, 0.05) is 10.2 Å². The lowest BCUT2D eigenvalue weighted by Gasteiger charge is -2.24. The van der Waals surface area contributed by atoms with E-state index in [1.165, 1.54) is 6.33 Å². The lowest BCUT2D eigenvalue weighted by Crippen LogP contribution is -2.29. The minimum absolute atomic E-state index is 0.131. The SMILES string of the molecule is CCOc1cc([C@@H]2CC(=O)Nc3ncnn32)ccc1OCC(=O)Nc1ccc(Br)c(C)c1. The number of hydrogen-bond acceptors (Lipinski definition) is 6. The van der Waals surface area contributed by atoms with Gasteiger partial charge in [0.1, 0.15) is 6.33 Å². The third kappa shape index (κ3) is 4.75. The Labute approximate surface area is 193 Å². The van der Waals surface area contributed by atoms with E-state index in [1.807, 2.05) is 44.2 Å². The highest BCUT2D eigenvalue weighted by atomic mass is 79.9. The summed E-state index contributed by atoms with van der Waals surface area (Å²) < 4.78 is 14.1. The van der Waals surface area contributed by atoms with Crippen molar-refractivity contribution in [3.05, 3.63) is 58.3 Å². The van der Waals surface area contributed by atoms with Gasteiger partial charge in [-0.3, -0.25) is 14.9 Å². The van der Waals surface area contributed by atoms with E-state index in [1.54, 1.807) is 10.7 Å². The van der Waals surface area contributed by atoms with E-state index in [2.05, 4.69) is 36.6 Å². The Bertz CT molecular complexity index is 1160. The second-order valence-electron chi connectivity index (χ2n) is 7.24. The molecule has 2 amide bonds. The fourth-order valence-corrected chi connectivity index (χ4v) is 3.69. The number of rotatable bonds is 7. The Morgan fingerprint density at radius 1 is 1.25 bits per heavy atom. The van der Waals surface area contributed by atoms with E-state index < -0.39 is 0 Å². The minimum Gasteiger partial charge on any atom is -0.490 e. The molecule has 0 bridgehead atoms. The van der Waals surface area contributed by atoms with E-state index in [4.69, 9.17) is 9.47 Å². The molecular formula is C22H22BrN5O4. The smallest absolute Gasteiger partial charge is 0.262 e. The van der Waals surface area contributed by atoms with Crippen LogP contribution in [-0.2, 0) is 9.59 Å². The van der Waals surface area contributed by atoms with Gasteiger partial charge in [0.25, 0.3) is 5.91 Å². The summed E-state index contributed by atoms with van der Waals surface area (Å²) in [5, 5.41) is 9.74. The highest BCUT2D eigenvalue weighted by Gasteiger charge is 2.28. The first-order valence-corrected chi connectivity index (χ1v) is 10.9. The van der Waals surface area contributed by atoms with Gasteiger partial charge in [0.05, 0.1) is 19.1 Å². The molecule has 0 radical (unpaired) electrons. The van der Waals surface area contributed by atoms with Crippen LogP contribution < -0.4 is 20.1 Å². The number of amides is 2. The molecule has 166 valence electrons. The highest BCUT2D eigenvalue weighted by molar-refractivity contribution is 9.10. The molecule has 0 spiro atoms. The summed E-state index contributed by atoms with van der Waals surface area (Å²) in [5.74, 6) is 0.925. The number of benzene rings is 2. The summed E-state index contributed by atoms with van der Waals surface area (Å²) >= 11 is 3.44. The van der Waals surface area contributed by atoms with E-state index >= 15 is 0 Å². The molecule has 10 heteroatoms. The zero-order valence-corrected chi connectivity index (χ0v) is 19.2. The first-order valence-electron chi connectivity index (χ1n) is 10.1. The van der Waals surface area contributed by atoms with Crippen molar-refractivity contribution in [3.8, 4) is 11.5 Å². The van der Waals surface area contributed by atoms with Gasteiger partial charge in [-0.2, -0.15) is 10.1 Å². The van der Waals surface area contributed by atoms with Crippen LogP contribution in [0, 0.1) is 6.92 Å². The van der Waals surface area contributed by atoms with E-state index in [-0.39, 0.29) is 30.9 Å². The molecule has 1 aliphatic rings. The van der Waals surface area contributed by atoms with Gasteiger partial charge in [0.15, 0.2) is 18.1 Å². The number of carbonyl (C=O) groups excluding carboxylic acids is 2. The van der Waals surface area contributed by atoms with Crippen molar-refractivity contribution in [1.82, 2.24) is 14.8 Å². The number of carbonyl (C=O) groups is 2. The number of anilines is 2. The number of fused-ring (bicyclic) bond motifs is 1. The minimum atomic E-state index is -0.307. The van der Waals surface area contributed by atoms with Crippen molar-refractivity contribution in [2.24, 2.45) is 0 Å². The first-order chi connectivity index (χ1) is 15.4. The van der Waals surface area contributed by atoms with Crippen LogP contribution in [0.5, 0.6) is 11.5 Å². The summed E-state index contributed by atoms with van der Waals surface area (Å²) in [6, 6.07) is 10.6. The number of aromatic nitrogens is 3. The lowest BCUT2D eigenvalue weighted by atomic mass is 10.0. The Morgan fingerprint density at radius 3 is 2.88 bits per heavy atom. The average molecular weight is 500 g/mol. The number of ether oxygens (including phenoxy) is 2. The molecule has 2 N–H and O–H groups in total. The number of hydrogen-bond donors (Lipinski definition) is 2. The number of halogens is 1. The third-order valence-corrected chi connectivity index (χ3v) is 5.84. The van der Waals surface area contributed by atoms with Gasteiger partial charge in [0.2, 0.25) is 11.9 Å². The average Bonchev–Trinajstić information content (AvgIpc) is 3.23. The number of nitrogens with one attached hydrogen (secondary N) is 2. The molecule has 0 unspecified atom stereocenters. The molecule has 3 aromatic rings. The van der Waals surface area contributed by atoms with Crippen LogP contribution in [0.2, 0.25) is 0 Å². The van der Waals surface area contributed by atoms with Crippen LogP contribution in [0.25, 0.3) is 0 Å². The van der Waals surface area contributed by atoms with Gasteiger partial charge >= 0.3 is 0 Å². The van der Waals surface area contributed by atoms with Gasteiger partial charge in [-0.05, 0) is 55.3 Å². The Balaban J connectivity index is 1.48. The monoisotopic (exact) mass is 499 g/mol. The van der Waals surface area contributed by atoms with Crippen molar-refractivity contribution in [2.45, 2.75) is 26.3 Å². The summed E-state index contributed by atoms with van der Waals surface area (Å²) in [7, 11) is 0. The molecule has 0 aliphatic carbocycles. The van der Waals surface area contributed by atoms with Gasteiger partial charge in [-0.25, -0.2) is 4.68 Å². The number of nitrogens with zero attached hydrogens (tertiary/aromatic N) is 3. The lowest BCUT2D eigenvalue weighted by molar-refractivity contribution is -0.118. The third-order valence-electron chi connectivity index (χ3n) is 4.95. The molecule has 0 fully saturated rings. The summed E-state index contributed by atoms with van der Waals surface area (Å²) in [4.78, 5) is 28.5. The van der Waals surface area contributed by atoms with Crippen LogP contribution in [0.1, 0.15) is 30.5 Å². The molecule has 0 saturated carbocycles. The molecule has 32 heavy (non-hydrogen) atoms. The molecule has 9 nitrogen and oxygen atoms in total. The van der Waals surface area contributed by atoms with E-state index in [9.17, 15) is 9.59 Å². The van der Waals surface area contributed by atoms with Crippen LogP contribution in [-0.4, -0.2) is 39.8 Å². The van der Waals surface area contributed by atoms with Crippen LogP contribution in [0.4, 0.5) is 11.6 Å². The summed E-state index contributed by atoms with van der Waals surface area (Å²) in [6.45, 7) is 4.06. The largest absolute Gasteiger partial charge is 0.490 e. The maximum absolute atomic E-state index is 12.4. The molecule has 1 aliphatic heterocycles. The van der Waals surface area contributed by atoms with Crippen molar-refractivity contribution >= 4 is 39.4 Å². The van der Waals surface area contributed by atoms with Crippen molar-refractivity contribution in [2.75, 3.05) is 23.8 Å². The summed E-state index contributed by atoms with van der Waals surface area (Å²) in [6.07, 6.45) is 1.64. The predicted molar refractivity (Wildman–Crippen MR) is 122 cm³/mol. The zero-order valence-electron chi connectivity index (χ0n) is 17.6. The van der Waals surface area contributed by atoms with E-state index in [0.29, 0.717) is 29.7 Å². The van der Waals surface area contributed by atoms with Crippen LogP contribution in [0.15, 0.2) is 47.2 Å². The first kappa shape index (κ1) is 21.8. The molecule has 2 heterocycles. The number of aryl methyl sites for hydroxylation is 1.